The zero-order valence-electron chi connectivity index (χ0n) is 32.5. The normalized spacial score (nSPS) is 13.4. The molecule has 0 aliphatic rings. The second kappa shape index (κ2) is 12.9. The molecule has 0 bridgehead atoms. The summed E-state index contributed by atoms with van der Waals surface area (Å²) in [4.78, 5) is 28.5. The van der Waals surface area contributed by atoms with E-state index in [0.717, 1.165) is 52.3 Å². The average Bonchev–Trinajstić information content (AvgIpc) is 3.81. The molecule has 0 aliphatic carbocycles. The van der Waals surface area contributed by atoms with Gasteiger partial charge in [-0.15, -0.1) is 0 Å². The Morgan fingerprint density at radius 1 is 0.731 bits per heavy atom. The highest BCUT2D eigenvalue weighted by atomic mass is 16.1. The lowest BCUT2D eigenvalue weighted by Gasteiger charge is -2.31. The molecule has 0 aliphatic heterocycles. The number of hydrogen-bond donors (Lipinski definition) is 0. The van der Waals surface area contributed by atoms with Crippen LogP contribution in [0, 0.1) is 0 Å². The second-order valence-corrected chi connectivity index (χ2v) is 17.2. The molecular formula is C45H52N6O. The van der Waals surface area contributed by atoms with E-state index in [1.165, 1.54) is 22.4 Å². The number of ketones is 1. The molecule has 1 unspecified atom stereocenters. The number of nitrogens with zero attached hydrogens (tertiary/aromatic N) is 6. The Bertz CT molecular complexity index is 2430. The Morgan fingerprint density at radius 3 is 2.02 bits per heavy atom. The summed E-state index contributed by atoms with van der Waals surface area (Å²) in [5.74, 6) is 0.0615. The number of pyridine rings is 3. The molecule has 0 radical (unpaired) electrons. The van der Waals surface area contributed by atoms with Crippen LogP contribution in [0.25, 0.3) is 16.9 Å². The summed E-state index contributed by atoms with van der Waals surface area (Å²) in [6, 6.07) is 21.6. The number of fused-ring (bicyclic) bond motifs is 3. The van der Waals surface area contributed by atoms with E-state index in [-0.39, 0.29) is 27.9 Å². The van der Waals surface area contributed by atoms with Crippen molar-refractivity contribution in [2.24, 2.45) is 0 Å². The van der Waals surface area contributed by atoms with Gasteiger partial charge in [-0.05, 0) is 58.4 Å². The van der Waals surface area contributed by atoms with Gasteiger partial charge in [0.2, 0.25) is 0 Å². The van der Waals surface area contributed by atoms with E-state index >= 15 is 0 Å². The number of carbonyl (C=O) groups excluding carboxylic acids is 1. The van der Waals surface area contributed by atoms with E-state index < -0.39 is 0 Å². The second-order valence-electron chi connectivity index (χ2n) is 17.2. The van der Waals surface area contributed by atoms with Crippen molar-refractivity contribution in [3.8, 4) is 0 Å². The van der Waals surface area contributed by atoms with E-state index in [9.17, 15) is 4.79 Å². The van der Waals surface area contributed by atoms with Crippen molar-refractivity contribution in [1.29, 1.82) is 0 Å². The van der Waals surface area contributed by atoms with Gasteiger partial charge in [0.1, 0.15) is 22.6 Å². The first-order valence-corrected chi connectivity index (χ1v) is 18.6. The Balaban J connectivity index is 1.39. The van der Waals surface area contributed by atoms with Crippen LogP contribution in [-0.4, -0.2) is 33.9 Å². The quantitative estimate of drug-likeness (QED) is 0.141. The van der Waals surface area contributed by atoms with E-state index in [4.69, 9.17) is 15.0 Å². The van der Waals surface area contributed by atoms with Gasteiger partial charge in [-0.2, -0.15) is 0 Å². The van der Waals surface area contributed by atoms with Gasteiger partial charge in [0, 0.05) is 78.3 Å². The van der Waals surface area contributed by atoms with Crippen LogP contribution in [-0.2, 0) is 29.1 Å². The van der Waals surface area contributed by atoms with Gasteiger partial charge in [0.05, 0.1) is 5.69 Å². The molecule has 0 N–H and O–H groups in total. The number of imidazole rings is 3. The number of carbonyl (C=O) groups is 1. The summed E-state index contributed by atoms with van der Waals surface area (Å²) in [5.41, 5.74) is 12.0. The van der Waals surface area contributed by atoms with Crippen molar-refractivity contribution >= 4 is 22.7 Å². The predicted molar refractivity (Wildman–Crippen MR) is 211 cm³/mol. The van der Waals surface area contributed by atoms with Crippen LogP contribution in [0.5, 0.6) is 0 Å². The van der Waals surface area contributed by atoms with E-state index in [0.29, 0.717) is 12.1 Å². The number of Topliss-reactive ketones (excluding diaryl/α,β-unsaturated/α-hetero) is 1. The van der Waals surface area contributed by atoms with Crippen molar-refractivity contribution in [1.82, 2.24) is 28.2 Å². The molecular weight excluding hydrogens is 641 g/mol. The minimum Gasteiger partial charge on any atom is -0.304 e. The maximum absolute atomic E-state index is 13.3. The first kappa shape index (κ1) is 35.4. The van der Waals surface area contributed by atoms with Crippen molar-refractivity contribution in [3.63, 3.8) is 0 Å². The lowest BCUT2D eigenvalue weighted by atomic mass is 9.74. The molecule has 0 spiro atoms. The number of hydrogen-bond acceptors (Lipinski definition) is 4. The fourth-order valence-electron chi connectivity index (χ4n) is 8.01. The van der Waals surface area contributed by atoms with Gasteiger partial charge in [-0.3, -0.25) is 9.20 Å². The fraction of sp³-hybridized carbons (Fsp3) is 0.378. The summed E-state index contributed by atoms with van der Waals surface area (Å²) >= 11 is 0. The summed E-state index contributed by atoms with van der Waals surface area (Å²) < 4.78 is 6.55. The molecule has 6 aromatic heterocycles. The lowest BCUT2D eigenvalue weighted by molar-refractivity contribution is 0.101. The smallest absolute Gasteiger partial charge is 0.178 e. The van der Waals surface area contributed by atoms with Gasteiger partial charge in [-0.1, -0.05) is 105 Å². The molecule has 1 aromatic carbocycles. The van der Waals surface area contributed by atoms with E-state index in [2.05, 4.69) is 144 Å². The van der Waals surface area contributed by atoms with Crippen LogP contribution in [0.4, 0.5) is 0 Å². The van der Waals surface area contributed by atoms with Crippen molar-refractivity contribution in [2.75, 3.05) is 0 Å². The van der Waals surface area contributed by atoms with Gasteiger partial charge in [0.25, 0.3) is 0 Å². The third-order valence-electron chi connectivity index (χ3n) is 10.7. The van der Waals surface area contributed by atoms with Crippen LogP contribution in [0.1, 0.15) is 137 Å². The van der Waals surface area contributed by atoms with E-state index in [1.807, 2.05) is 22.9 Å². The molecule has 0 fully saturated rings. The highest BCUT2D eigenvalue weighted by molar-refractivity contribution is 5.95. The topological polar surface area (TPSA) is 69.0 Å². The maximum atomic E-state index is 13.3. The lowest BCUT2D eigenvalue weighted by Crippen LogP contribution is -2.23. The third kappa shape index (κ3) is 6.24. The molecule has 0 saturated heterocycles. The third-order valence-corrected chi connectivity index (χ3v) is 10.7. The van der Waals surface area contributed by atoms with E-state index in [1.54, 1.807) is 6.92 Å². The Kier molecular flexibility index (Phi) is 8.75. The number of benzene rings is 1. The minimum atomic E-state index is -0.217. The molecule has 52 heavy (non-hydrogen) atoms. The van der Waals surface area contributed by atoms with Crippen molar-refractivity contribution in [2.45, 2.75) is 111 Å². The maximum Gasteiger partial charge on any atom is 0.178 e. The number of aryl methyl sites for hydroxylation is 1. The molecule has 7 nitrogen and oxygen atoms in total. The zero-order valence-corrected chi connectivity index (χ0v) is 32.5. The Morgan fingerprint density at radius 2 is 1.37 bits per heavy atom. The summed E-state index contributed by atoms with van der Waals surface area (Å²) in [6.07, 6.45) is 12.7. The summed E-state index contributed by atoms with van der Waals surface area (Å²) in [6.45, 7) is 21.8. The van der Waals surface area contributed by atoms with Crippen molar-refractivity contribution < 1.29 is 4.79 Å². The summed E-state index contributed by atoms with van der Waals surface area (Å²) in [5, 5.41) is 0. The molecule has 7 rings (SSSR count). The largest absolute Gasteiger partial charge is 0.304 e. The van der Waals surface area contributed by atoms with Gasteiger partial charge >= 0.3 is 0 Å². The highest BCUT2D eigenvalue weighted by Crippen LogP contribution is 2.41. The molecule has 0 saturated carbocycles. The standard InChI is InChI=1S/C45H52N6O/c1-11-32-26-46-40-35(20-16-21-49(32)40)45(9,10)25-33(31-17-13-12-14-18-31)38-27-47-41-36(44(6,7)8)23-30(28-51(38)41)24-37-39(29(2)52)50-22-15-19-34(42(50)48-37)43(3,4)5/h12-23,26-28,33H,11,24-25H2,1-10H3. The van der Waals surface area contributed by atoms with Gasteiger partial charge in [0.15, 0.2) is 5.78 Å². The average molecular weight is 693 g/mol. The summed E-state index contributed by atoms with van der Waals surface area (Å²) in [7, 11) is 0. The first-order valence-electron chi connectivity index (χ1n) is 18.6. The minimum absolute atomic E-state index is 0.0129. The monoisotopic (exact) mass is 692 g/mol. The van der Waals surface area contributed by atoms with Crippen molar-refractivity contribution in [3.05, 3.63) is 142 Å². The SMILES string of the molecule is CCc1cnc2c(C(C)(C)CC(c3ccccc3)c3cnc4c(C(C)(C)C)cc(Cc5nc6c(C(C)(C)C)cccn6c5C(C)=O)cn34)cccn12. The molecule has 0 amide bonds. The molecule has 7 aromatic rings. The van der Waals surface area contributed by atoms with Gasteiger partial charge in [-0.25, -0.2) is 15.0 Å². The molecule has 1 atom stereocenters. The number of rotatable bonds is 9. The molecule has 268 valence electrons. The Labute approximate surface area is 307 Å². The van der Waals surface area contributed by atoms with Crippen LogP contribution >= 0.6 is 0 Å². The highest BCUT2D eigenvalue weighted by Gasteiger charge is 2.33. The first-order chi connectivity index (χ1) is 24.6. The molecule has 7 heteroatoms. The fourth-order valence-corrected chi connectivity index (χ4v) is 8.01. The predicted octanol–water partition coefficient (Wildman–Crippen LogP) is 10.1. The van der Waals surface area contributed by atoms with Crippen LogP contribution in [0.3, 0.4) is 0 Å². The molecule has 6 heterocycles. The zero-order chi connectivity index (χ0) is 37.2. The van der Waals surface area contributed by atoms with Crippen LogP contribution < -0.4 is 0 Å². The number of aromatic nitrogens is 6. The van der Waals surface area contributed by atoms with Gasteiger partial charge < -0.3 is 8.80 Å². The Hall–Kier alpha value is -5.04. The van der Waals surface area contributed by atoms with Crippen LogP contribution in [0.2, 0.25) is 0 Å². The van der Waals surface area contributed by atoms with Crippen LogP contribution in [0.15, 0.2) is 91.6 Å².